The normalized spacial score (nSPS) is 11.9. The molecular weight excluding hydrogens is 316 g/mol. The SMILES string of the molecule is COc1ccc2c(c1)Cc1sc(Nc3ccccc3Cl)nc1-2. The van der Waals surface area contributed by atoms with Gasteiger partial charge >= 0.3 is 0 Å². The molecule has 4 rings (SSSR count). The van der Waals surface area contributed by atoms with Crippen molar-refractivity contribution < 1.29 is 4.74 Å². The van der Waals surface area contributed by atoms with Crippen LogP contribution in [-0.2, 0) is 6.42 Å². The van der Waals surface area contributed by atoms with E-state index in [1.807, 2.05) is 30.3 Å². The van der Waals surface area contributed by atoms with E-state index in [9.17, 15) is 0 Å². The van der Waals surface area contributed by atoms with Crippen LogP contribution < -0.4 is 10.1 Å². The lowest BCUT2D eigenvalue weighted by molar-refractivity contribution is 0.414. The molecule has 1 heterocycles. The third-order valence-electron chi connectivity index (χ3n) is 3.73. The minimum Gasteiger partial charge on any atom is -0.497 e. The predicted octanol–water partition coefficient (Wildman–Crippen LogP) is 5.12. The first-order valence-electron chi connectivity index (χ1n) is 6.93. The first-order valence-corrected chi connectivity index (χ1v) is 8.12. The van der Waals surface area contributed by atoms with Crippen molar-refractivity contribution in [3.05, 3.63) is 57.9 Å². The molecule has 2 aromatic carbocycles. The molecule has 5 heteroatoms. The summed E-state index contributed by atoms with van der Waals surface area (Å²) in [5.41, 5.74) is 4.42. The lowest BCUT2D eigenvalue weighted by Crippen LogP contribution is -1.91. The van der Waals surface area contributed by atoms with E-state index in [0.29, 0.717) is 5.02 Å². The fourth-order valence-corrected chi connectivity index (χ4v) is 3.85. The van der Waals surface area contributed by atoms with E-state index < -0.39 is 0 Å². The maximum absolute atomic E-state index is 6.18. The van der Waals surface area contributed by atoms with E-state index in [1.165, 1.54) is 16.0 Å². The number of halogens is 1. The maximum Gasteiger partial charge on any atom is 0.188 e. The first-order chi connectivity index (χ1) is 10.7. The van der Waals surface area contributed by atoms with Gasteiger partial charge in [0.1, 0.15) is 5.75 Å². The number of thiazole rings is 1. The van der Waals surface area contributed by atoms with Gasteiger partial charge in [-0.05, 0) is 35.9 Å². The fourth-order valence-electron chi connectivity index (χ4n) is 2.66. The van der Waals surface area contributed by atoms with Crippen LogP contribution in [0.25, 0.3) is 11.3 Å². The van der Waals surface area contributed by atoms with Crippen molar-refractivity contribution in [2.24, 2.45) is 0 Å². The van der Waals surface area contributed by atoms with Gasteiger partial charge in [-0.25, -0.2) is 4.98 Å². The summed E-state index contributed by atoms with van der Waals surface area (Å²) in [5, 5.41) is 4.88. The Morgan fingerprint density at radius 2 is 2.09 bits per heavy atom. The summed E-state index contributed by atoms with van der Waals surface area (Å²) in [6.07, 6.45) is 0.906. The molecule has 0 spiro atoms. The van der Waals surface area contributed by atoms with Gasteiger partial charge in [0, 0.05) is 16.9 Å². The van der Waals surface area contributed by atoms with Gasteiger partial charge in [0.25, 0.3) is 0 Å². The third-order valence-corrected chi connectivity index (χ3v) is 5.03. The molecule has 1 aromatic heterocycles. The Hall–Kier alpha value is -2.04. The molecule has 0 bridgehead atoms. The van der Waals surface area contributed by atoms with Gasteiger partial charge in [0.15, 0.2) is 5.13 Å². The molecule has 110 valence electrons. The number of nitrogens with zero attached hydrogens (tertiary/aromatic N) is 1. The van der Waals surface area contributed by atoms with Gasteiger partial charge in [0.05, 0.1) is 23.5 Å². The van der Waals surface area contributed by atoms with Crippen LogP contribution in [-0.4, -0.2) is 12.1 Å². The number of rotatable bonds is 3. The first kappa shape index (κ1) is 13.6. The van der Waals surface area contributed by atoms with Gasteiger partial charge in [-0.1, -0.05) is 23.7 Å². The second-order valence-electron chi connectivity index (χ2n) is 5.10. The summed E-state index contributed by atoms with van der Waals surface area (Å²) in [6.45, 7) is 0. The highest BCUT2D eigenvalue weighted by Gasteiger charge is 2.24. The molecule has 0 saturated heterocycles. The minimum atomic E-state index is 0.697. The van der Waals surface area contributed by atoms with E-state index >= 15 is 0 Å². The number of nitrogens with one attached hydrogen (secondary N) is 1. The number of fused-ring (bicyclic) bond motifs is 3. The number of methoxy groups -OCH3 is 1. The second-order valence-corrected chi connectivity index (χ2v) is 6.59. The summed E-state index contributed by atoms with van der Waals surface area (Å²) in [6, 6.07) is 13.8. The summed E-state index contributed by atoms with van der Waals surface area (Å²) >= 11 is 7.86. The Bertz CT molecular complexity index is 860. The van der Waals surface area contributed by atoms with Crippen molar-refractivity contribution in [3.63, 3.8) is 0 Å². The van der Waals surface area contributed by atoms with E-state index in [-0.39, 0.29) is 0 Å². The molecule has 1 aliphatic rings. The quantitative estimate of drug-likeness (QED) is 0.566. The Labute approximate surface area is 137 Å². The van der Waals surface area contributed by atoms with Crippen LogP contribution in [0.15, 0.2) is 42.5 Å². The van der Waals surface area contributed by atoms with Crippen molar-refractivity contribution in [2.45, 2.75) is 6.42 Å². The lowest BCUT2D eigenvalue weighted by atomic mass is 10.1. The highest BCUT2D eigenvalue weighted by molar-refractivity contribution is 7.16. The lowest BCUT2D eigenvalue weighted by Gasteiger charge is -2.05. The van der Waals surface area contributed by atoms with Crippen LogP contribution in [0.3, 0.4) is 0 Å². The molecule has 0 aliphatic heterocycles. The zero-order valence-electron chi connectivity index (χ0n) is 11.9. The average molecular weight is 329 g/mol. The molecule has 1 N–H and O–H groups in total. The Kier molecular flexibility index (Phi) is 3.28. The molecule has 22 heavy (non-hydrogen) atoms. The second kappa shape index (κ2) is 5.30. The molecule has 0 saturated carbocycles. The minimum absolute atomic E-state index is 0.697. The zero-order chi connectivity index (χ0) is 15.1. The van der Waals surface area contributed by atoms with Gasteiger partial charge in [0.2, 0.25) is 0 Å². The Balaban J connectivity index is 1.67. The largest absolute Gasteiger partial charge is 0.497 e. The summed E-state index contributed by atoms with van der Waals surface area (Å²) in [7, 11) is 1.69. The summed E-state index contributed by atoms with van der Waals surface area (Å²) in [5.74, 6) is 0.892. The monoisotopic (exact) mass is 328 g/mol. The predicted molar refractivity (Wildman–Crippen MR) is 91.6 cm³/mol. The van der Waals surface area contributed by atoms with Crippen LogP contribution in [0.1, 0.15) is 10.4 Å². The fraction of sp³-hybridized carbons (Fsp3) is 0.118. The highest BCUT2D eigenvalue weighted by atomic mass is 35.5. The number of ether oxygens (including phenoxy) is 1. The molecule has 1 aliphatic carbocycles. The summed E-state index contributed by atoms with van der Waals surface area (Å²) < 4.78 is 5.29. The molecule has 3 nitrogen and oxygen atoms in total. The number of para-hydroxylation sites is 1. The van der Waals surface area contributed by atoms with Gasteiger partial charge in [-0.15, -0.1) is 11.3 Å². The van der Waals surface area contributed by atoms with Crippen LogP contribution >= 0.6 is 22.9 Å². The Morgan fingerprint density at radius 3 is 2.91 bits per heavy atom. The van der Waals surface area contributed by atoms with Crippen molar-refractivity contribution in [3.8, 4) is 17.0 Å². The molecule has 0 unspecified atom stereocenters. The molecule has 0 atom stereocenters. The number of benzene rings is 2. The number of hydrogen-bond donors (Lipinski definition) is 1. The van der Waals surface area contributed by atoms with Crippen molar-refractivity contribution in [1.29, 1.82) is 0 Å². The number of aromatic nitrogens is 1. The van der Waals surface area contributed by atoms with Crippen LogP contribution in [0.5, 0.6) is 5.75 Å². The molecule has 0 amide bonds. The Morgan fingerprint density at radius 1 is 1.23 bits per heavy atom. The maximum atomic E-state index is 6.18. The third kappa shape index (κ3) is 2.25. The zero-order valence-corrected chi connectivity index (χ0v) is 13.5. The van der Waals surface area contributed by atoms with Crippen LogP contribution in [0, 0.1) is 0 Å². The summed E-state index contributed by atoms with van der Waals surface area (Å²) in [4.78, 5) is 6.01. The van der Waals surface area contributed by atoms with E-state index in [1.54, 1.807) is 18.4 Å². The standard InChI is InChI=1S/C17H13ClN2OS/c1-21-11-6-7-12-10(8-11)9-15-16(12)20-17(22-15)19-14-5-3-2-4-13(14)18/h2-8H,9H2,1H3,(H,19,20). The van der Waals surface area contributed by atoms with Crippen LogP contribution in [0.4, 0.5) is 10.8 Å². The van der Waals surface area contributed by atoms with Crippen molar-refractivity contribution in [1.82, 2.24) is 4.98 Å². The average Bonchev–Trinajstić information content (AvgIpc) is 3.05. The van der Waals surface area contributed by atoms with Crippen molar-refractivity contribution in [2.75, 3.05) is 12.4 Å². The van der Waals surface area contributed by atoms with E-state index in [4.69, 9.17) is 21.3 Å². The molecule has 0 fully saturated rings. The highest BCUT2D eigenvalue weighted by Crippen LogP contribution is 2.43. The molecular formula is C17H13ClN2OS. The number of anilines is 2. The van der Waals surface area contributed by atoms with Crippen molar-refractivity contribution >= 4 is 33.8 Å². The smallest absolute Gasteiger partial charge is 0.188 e. The molecule has 3 aromatic rings. The topological polar surface area (TPSA) is 34.1 Å². The van der Waals surface area contributed by atoms with Gasteiger partial charge < -0.3 is 10.1 Å². The van der Waals surface area contributed by atoms with E-state index in [0.717, 1.165) is 28.7 Å². The molecule has 0 radical (unpaired) electrons. The van der Waals surface area contributed by atoms with Gasteiger partial charge in [-0.3, -0.25) is 0 Å². The number of hydrogen-bond acceptors (Lipinski definition) is 4. The van der Waals surface area contributed by atoms with Gasteiger partial charge in [-0.2, -0.15) is 0 Å². The van der Waals surface area contributed by atoms with E-state index in [2.05, 4.69) is 17.4 Å². The van der Waals surface area contributed by atoms with Crippen LogP contribution in [0.2, 0.25) is 5.02 Å².